The van der Waals surface area contributed by atoms with E-state index in [0.29, 0.717) is 30.6 Å². The van der Waals surface area contributed by atoms with Crippen LogP contribution < -0.4 is 14.8 Å². The standard InChI is InChI=1S/C18H23ClN4O2/c1-20-18(22-13-14-8-9-21-17(12-14)24-3)23(2)10-11-25-16-6-4-15(19)5-7-16/h4-9,12H,10-11,13H2,1-3H3,(H,20,22). The monoisotopic (exact) mass is 362 g/mol. The van der Waals surface area contributed by atoms with Crippen molar-refractivity contribution in [3.8, 4) is 11.6 Å². The maximum absolute atomic E-state index is 5.86. The van der Waals surface area contributed by atoms with Gasteiger partial charge < -0.3 is 19.7 Å². The van der Waals surface area contributed by atoms with Crippen molar-refractivity contribution in [1.82, 2.24) is 15.2 Å². The van der Waals surface area contributed by atoms with Crippen molar-refractivity contribution in [2.24, 2.45) is 4.99 Å². The number of ether oxygens (including phenoxy) is 2. The fourth-order valence-electron chi connectivity index (χ4n) is 2.18. The summed E-state index contributed by atoms with van der Waals surface area (Å²) in [5.74, 6) is 2.18. The van der Waals surface area contributed by atoms with Crippen molar-refractivity contribution in [2.45, 2.75) is 6.54 Å². The lowest BCUT2D eigenvalue weighted by atomic mass is 10.2. The third-order valence-electron chi connectivity index (χ3n) is 3.54. The maximum atomic E-state index is 5.86. The Kier molecular flexibility index (Phi) is 7.35. The van der Waals surface area contributed by atoms with E-state index in [1.807, 2.05) is 48.3 Å². The second-order valence-corrected chi connectivity index (χ2v) is 5.77. The number of likely N-dealkylation sites (N-methyl/N-ethyl adjacent to an activating group) is 1. The van der Waals surface area contributed by atoms with Gasteiger partial charge in [0.05, 0.1) is 13.7 Å². The number of pyridine rings is 1. The second-order valence-electron chi connectivity index (χ2n) is 5.33. The van der Waals surface area contributed by atoms with E-state index in [1.54, 1.807) is 20.4 Å². The fraction of sp³-hybridized carbons (Fsp3) is 0.333. The molecular formula is C18H23ClN4O2. The molecule has 0 unspecified atom stereocenters. The maximum Gasteiger partial charge on any atom is 0.213 e. The molecule has 1 heterocycles. The highest BCUT2D eigenvalue weighted by atomic mass is 35.5. The van der Waals surface area contributed by atoms with E-state index in [0.717, 1.165) is 17.3 Å². The Morgan fingerprint density at radius 1 is 1.28 bits per heavy atom. The van der Waals surface area contributed by atoms with E-state index in [-0.39, 0.29) is 0 Å². The number of aromatic nitrogens is 1. The summed E-state index contributed by atoms with van der Waals surface area (Å²) in [7, 11) is 5.33. The number of halogens is 1. The van der Waals surface area contributed by atoms with Crippen LogP contribution in [0, 0.1) is 0 Å². The predicted octanol–water partition coefficient (Wildman–Crippen LogP) is 2.83. The normalized spacial score (nSPS) is 11.1. The summed E-state index contributed by atoms with van der Waals surface area (Å²) in [5.41, 5.74) is 1.07. The quantitative estimate of drug-likeness (QED) is 0.606. The third-order valence-corrected chi connectivity index (χ3v) is 3.79. The highest BCUT2D eigenvalue weighted by Crippen LogP contribution is 2.15. The van der Waals surface area contributed by atoms with Crippen LogP contribution in [-0.4, -0.2) is 50.2 Å². The van der Waals surface area contributed by atoms with E-state index < -0.39 is 0 Å². The first kappa shape index (κ1) is 18.9. The molecule has 2 rings (SSSR count). The number of methoxy groups -OCH3 is 1. The molecule has 0 fully saturated rings. The van der Waals surface area contributed by atoms with Crippen LogP contribution in [0.4, 0.5) is 0 Å². The van der Waals surface area contributed by atoms with Gasteiger partial charge in [-0.3, -0.25) is 4.99 Å². The Bertz CT molecular complexity index is 692. The average molecular weight is 363 g/mol. The number of benzene rings is 1. The van der Waals surface area contributed by atoms with Crippen LogP contribution in [0.1, 0.15) is 5.56 Å². The number of aliphatic imine (C=N–C) groups is 1. The summed E-state index contributed by atoms with van der Waals surface area (Å²) in [4.78, 5) is 10.4. The van der Waals surface area contributed by atoms with Crippen molar-refractivity contribution in [3.63, 3.8) is 0 Å². The van der Waals surface area contributed by atoms with Gasteiger partial charge in [0.25, 0.3) is 0 Å². The molecule has 1 aromatic heterocycles. The van der Waals surface area contributed by atoms with Gasteiger partial charge in [0.15, 0.2) is 5.96 Å². The van der Waals surface area contributed by atoms with Gasteiger partial charge in [0.1, 0.15) is 12.4 Å². The Morgan fingerprint density at radius 3 is 2.72 bits per heavy atom. The molecule has 6 nitrogen and oxygen atoms in total. The number of hydrogen-bond donors (Lipinski definition) is 1. The number of nitrogens with one attached hydrogen (secondary N) is 1. The first-order valence-corrected chi connectivity index (χ1v) is 8.29. The van der Waals surface area contributed by atoms with Gasteiger partial charge in [0, 0.05) is 37.9 Å². The highest BCUT2D eigenvalue weighted by Gasteiger charge is 2.06. The number of rotatable bonds is 7. The lowest BCUT2D eigenvalue weighted by Crippen LogP contribution is -2.40. The van der Waals surface area contributed by atoms with Crippen LogP contribution >= 0.6 is 11.6 Å². The minimum atomic E-state index is 0.544. The van der Waals surface area contributed by atoms with Crippen LogP contribution in [0.5, 0.6) is 11.6 Å². The molecule has 25 heavy (non-hydrogen) atoms. The summed E-state index contributed by atoms with van der Waals surface area (Å²) in [6, 6.07) is 11.2. The van der Waals surface area contributed by atoms with Crippen LogP contribution in [0.15, 0.2) is 47.6 Å². The van der Waals surface area contributed by atoms with Crippen molar-refractivity contribution in [1.29, 1.82) is 0 Å². The van der Waals surface area contributed by atoms with Crippen LogP contribution in [0.2, 0.25) is 5.02 Å². The Labute approximate surface area is 153 Å². The second kappa shape index (κ2) is 9.74. The van der Waals surface area contributed by atoms with Gasteiger partial charge in [-0.25, -0.2) is 4.98 Å². The van der Waals surface area contributed by atoms with Gasteiger partial charge in [-0.05, 0) is 35.9 Å². The summed E-state index contributed by atoms with van der Waals surface area (Å²) < 4.78 is 10.8. The molecule has 2 aromatic rings. The third kappa shape index (κ3) is 6.15. The van der Waals surface area contributed by atoms with Crippen LogP contribution in [0.25, 0.3) is 0 Å². The minimum Gasteiger partial charge on any atom is -0.492 e. The molecule has 0 aliphatic carbocycles. The summed E-state index contributed by atoms with van der Waals surface area (Å²) in [6.45, 7) is 1.87. The Morgan fingerprint density at radius 2 is 2.04 bits per heavy atom. The summed E-state index contributed by atoms with van der Waals surface area (Å²) in [5, 5.41) is 4.01. The van der Waals surface area contributed by atoms with Crippen molar-refractivity contribution < 1.29 is 9.47 Å². The summed E-state index contributed by atoms with van der Waals surface area (Å²) in [6.07, 6.45) is 1.72. The van der Waals surface area contributed by atoms with E-state index in [4.69, 9.17) is 21.1 Å². The molecule has 0 amide bonds. The number of hydrogen-bond acceptors (Lipinski definition) is 4. The molecule has 0 radical (unpaired) electrons. The largest absolute Gasteiger partial charge is 0.492 e. The number of guanidine groups is 1. The molecule has 1 N–H and O–H groups in total. The molecule has 0 atom stereocenters. The zero-order valence-electron chi connectivity index (χ0n) is 14.7. The fourth-order valence-corrected chi connectivity index (χ4v) is 2.30. The SMILES string of the molecule is CN=C(NCc1ccnc(OC)c1)N(C)CCOc1ccc(Cl)cc1. The summed E-state index contributed by atoms with van der Waals surface area (Å²) >= 11 is 5.86. The lowest BCUT2D eigenvalue weighted by molar-refractivity contribution is 0.281. The first-order chi connectivity index (χ1) is 12.1. The first-order valence-electron chi connectivity index (χ1n) is 7.91. The van der Waals surface area contributed by atoms with Gasteiger partial charge in [0.2, 0.25) is 5.88 Å². The van der Waals surface area contributed by atoms with Gasteiger partial charge >= 0.3 is 0 Å². The predicted molar refractivity (Wildman–Crippen MR) is 101 cm³/mol. The van der Waals surface area contributed by atoms with E-state index in [2.05, 4.69) is 15.3 Å². The smallest absolute Gasteiger partial charge is 0.213 e. The van der Waals surface area contributed by atoms with E-state index >= 15 is 0 Å². The minimum absolute atomic E-state index is 0.544. The molecule has 0 aliphatic heterocycles. The topological polar surface area (TPSA) is 59.0 Å². The van der Waals surface area contributed by atoms with E-state index in [1.165, 1.54) is 0 Å². The molecule has 0 aliphatic rings. The van der Waals surface area contributed by atoms with Gasteiger partial charge in [-0.2, -0.15) is 0 Å². The molecule has 0 bridgehead atoms. The Balaban J connectivity index is 1.79. The zero-order valence-corrected chi connectivity index (χ0v) is 15.5. The van der Waals surface area contributed by atoms with Gasteiger partial charge in [-0.15, -0.1) is 0 Å². The molecule has 1 aromatic carbocycles. The van der Waals surface area contributed by atoms with Crippen molar-refractivity contribution in [3.05, 3.63) is 53.2 Å². The average Bonchev–Trinajstić information content (AvgIpc) is 2.64. The van der Waals surface area contributed by atoms with Gasteiger partial charge in [-0.1, -0.05) is 11.6 Å². The molecule has 0 spiro atoms. The van der Waals surface area contributed by atoms with Crippen LogP contribution in [0.3, 0.4) is 0 Å². The Hall–Kier alpha value is -2.47. The number of nitrogens with zero attached hydrogens (tertiary/aromatic N) is 3. The van der Waals surface area contributed by atoms with Crippen molar-refractivity contribution in [2.75, 3.05) is 34.4 Å². The molecular weight excluding hydrogens is 340 g/mol. The molecule has 134 valence electrons. The van der Waals surface area contributed by atoms with Crippen molar-refractivity contribution >= 4 is 17.6 Å². The zero-order chi connectivity index (χ0) is 18.1. The highest BCUT2D eigenvalue weighted by molar-refractivity contribution is 6.30. The van der Waals surface area contributed by atoms with Crippen LogP contribution in [-0.2, 0) is 6.54 Å². The molecule has 0 saturated carbocycles. The molecule has 0 saturated heterocycles. The lowest BCUT2D eigenvalue weighted by Gasteiger charge is -2.22. The van der Waals surface area contributed by atoms with E-state index in [9.17, 15) is 0 Å². The molecule has 7 heteroatoms.